The molecule has 6 rings (SSSR count). The number of fused-ring (bicyclic) bond motifs is 2. The zero-order valence-electron chi connectivity index (χ0n) is 18.6. The maximum atomic E-state index is 12.5. The summed E-state index contributed by atoms with van der Waals surface area (Å²) in [7, 11) is 3.24. The average Bonchev–Trinajstić information content (AvgIpc) is 3.10. The lowest BCUT2D eigenvalue weighted by molar-refractivity contribution is -0.316. The van der Waals surface area contributed by atoms with Gasteiger partial charge in [0.25, 0.3) is 0 Å². The topological polar surface area (TPSA) is 123 Å². The van der Waals surface area contributed by atoms with Crippen LogP contribution in [0.15, 0.2) is 0 Å². The number of aliphatic hydroxyl groups excluding tert-OH is 3. The van der Waals surface area contributed by atoms with Crippen LogP contribution in [0.1, 0.15) is 32.6 Å². The van der Waals surface area contributed by atoms with Gasteiger partial charge in [-0.1, -0.05) is 6.92 Å². The van der Waals surface area contributed by atoms with Crippen LogP contribution in [0.2, 0.25) is 0 Å². The first kappa shape index (κ1) is 21.2. The van der Waals surface area contributed by atoms with E-state index in [1.807, 2.05) is 6.92 Å². The van der Waals surface area contributed by atoms with E-state index in [4.69, 9.17) is 9.47 Å². The first-order chi connectivity index (χ1) is 14.7. The van der Waals surface area contributed by atoms with Crippen LogP contribution in [0.25, 0.3) is 0 Å². The largest absolute Gasteiger partial charge is 0.392 e. The van der Waals surface area contributed by atoms with Gasteiger partial charge in [-0.25, -0.2) is 0 Å². The maximum absolute atomic E-state index is 12.5. The molecule has 1 heterocycles. The molecule has 1 aliphatic heterocycles. The van der Waals surface area contributed by atoms with Crippen LogP contribution in [0, 0.1) is 34.5 Å². The van der Waals surface area contributed by atoms with Crippen molar-refractivity contribution in [2.75, 3.05) is 33.9 Å². The predicted molar refractivity (Wildman–Crippen MR) is 109 cm³/mol. The van der Waals surface area contributed by atoms with Gasteiger partial charge in [-0.3, -0.25) is 4.90 Å². The predicted octanol–water partition coefficient (Wildman–Crippen LogP) is -1.04. The lowest BCUT2D eigenvalue weighted by Crippen LogP contribution is -2.81. The molecule has 176 valence electrons. The summed E-state index contributed by atoms with van der Waals surface area (Å²) < 4.78 is 11.4. The Hall–Kier alpha value is -0.320. The number of hydrogen-bond donors (Lipinski definition) is 5. The van der Waals surface area contributed by atoms with Crippen LogP contribution < -0.4 is 0 Å². The van der Waals surface area contributed by atoms with Gasteiger partial charge in [0.05, 0.1) is 37.1 Å². The Balaban J connectivity index is 1.65. The molecule has 31 heavy (non-hydrogen) atoms. The summed E-state index contributed by atoms with van der Waals surface area (Å²) >= 11 is 0. The van der Waals surface area contributed by atoms with Crippen molar-refractivity contribution in [2.45, 2.75) is 74.3 Å². The smallest absolute Gasteiger partial charge is 0.136 e. The van der Waals surface area contributed by atoms with Crippen molar-refractivity contribution < 1.29 is 35.0 Å². The molecule has 5 aliphatic carbocycles. The molecule has 6 fully saturated rings. The van der Waals surface area contributed by atoms with Gasteiger partial charge in [0.15, 0.2) is 0 Å². The fourth-order valence-corrected chi connectivity index (χ4v) is 10.4. The number of aliphatic hydroxyl groups is 5. The second-order valence-corrected chi connectivity index (χ2v) is 11.5. The zero-order valence-corrected chi connectivity index (χ0v) is 18.6. The van der Waals surface area contributed by atoms with E-state index in [1.165, 1.54) is 0 Å². The van der Waals surface area contributed by atoms with Crippen molar-refractivity contribution in [1.82, 2.24) is 4.90 Å². The van der Waals surface area contributed by atoms with E-state index in [2.05, 4.69) is 4.90 Å². The van der Waals surface area contributed by atoms with E-state index in [0.717, 1.165) is 0 Å². The number of likely N-dealkylation sites (N-methyl/N-ethyl adjacent to an activating group) is 1. The minimum Gasteiger partial charge on any atom is -0.392 e. The van der Waals surface area contributed by atoms with Crippen LogP contribution in [0.4, 0.5) is 0 Å². The van der Waals surface area contributed by atoms with Crippen molar-refractivity contribution in [1.29, 1.82) is 0 Å². The zero-order chi connectivity index (χ0) is 22.1. The van der Waals surface area contributed by atoms with Gasteiger partial charge in [-0.15, -0.1) is 0 Å². The molecule has 6 aliphatic rings. The average molecular weight is 440 g/mol. The highest BCUT2D eigenvalue weighted by atomic mass is 16.5. The third kappa shape index (κ3) is 1.93. The molecule has 1 saturated heterocycles. The second kappa shape index (κ2) is 6.21. The van der Waals surface area contributed by atoms with Crippen LogP contribution in [0.3, 0.4) is 0 Å². The van der Waals surface area contributed by atoms with Gasteiger partial charge in [-0.05, 0) is 31.7 Å². The van der Waals surface area contributed by atoms with Crippen LogP contribution in [-0.4, -0.2) is 106 Å². The standard InChI is InChI=1S/C23H37NO7/c1-4-24-9-20(10-30-2)6-5-14(25)22-12-7-11-13(31-3)8-21(28,15(12)16(11)26)23(29,19(22)24)18(27)17(20)22/h11-19,25-29H,4-10H2,1-3H3. The molecule has 8 nitrogen and oxygen atoms in total. The summed E-state index contributed by atoms with van der Waals surface area (Å²) in [6, 6.07) is -0.571. The number of likely N-dealkylation sites (tertiary alicyclic amines) is 1. The summed E-state index contributed by atoms with van der Waals surface area (Å²) in [5, 5.41) is 59.6. The molecule has 0 aromatic heterocycles. The molecule has 0 aromatic rings. The summed E-state index contributed by atoms with van der Waals surface area (Å²) in [6.45, 7) is 3.77. The molecule has 0 aromatic carbocycles. The van der Waals surface area contributed by atoms with E-state index in [1.54, 1.807) is 14.2 Å². The number of ether oxygens (including phenoxy) is 2. The molecule has 5 N–H and O–H groups in total. The minimum atomic E-state index is -1.86. The van der Waals surface area contributed by atoms with Crippen LogP contribution >= 0.6 is 0 Å². The number of nitrogens with zero attached hydrogens (tertiary/aromatic N) is 1. The highest BCUT2D eigenvalue weighted by molar-refractivity contribution is 5.41. The van der Waals surface area contributed by atoms with Gasteiger partial charge in [0.2, 0.25) is 0 Å². The Kier molecular flexibility index (Phi) is 4.26. The van der Waals surface area contributed by atoms with E-state index < -0.39 is 64.3 Å². The van der Waals surface area contributed by atoms with Gasteiger partial charge >= 0.3 is 0 Å². The first-order valence-electron chi connectivity index (χ1n) is 11.9. The highest BCUT2D eigenvalue weighted by Gasteiger charge is 2.90. The fraction of sp³-hybridized carbons (Fsp3) is 1.00. The second-order valence-electron chi connectivity index (χ2n) is 11.5. The summed E-state index contributed by atoms with van der Waals surface area (Å²) in [5.41, 5.74) is -4.76. The Morgan fingerprint density at radius 3 is 2.52 bits per heavy atom. The van der Waals surface area contributed by atoms with Crippen molar-refractivity contribution in [3.05, 3.63) is 0 Å². The molecule has 8 heteroatoms. The quantitative estimate of drug-likeness (QED) is 0.377. The molecule has 13 unspecified atom stereocenters. The molecule has 0 amide bonds. The number of rotatable bonds is 4. The lowest BCUT2D eigenvalue weighted by Gasteiger charge is -2.69. The third-order valence-electron chi connectivity index (χ3n) is 11.0. The number of piperidine rings is 1. The van der Waals surface area contributed by atoms with Crippen LogP contribution in [0.5, 0.6) is 0 Å². The maximum Gasteiger partial charge on any atom is 0.136 e. The van der Waals surface area contributed by atoms with Crippen LogP contribution in [-0.2, 0) is 9.47 Å². The molecular weight excluding hydrogens is 402 g/mol. The number of methoxy groups -OCH3 is 2. The normalized spacial score (nSPS) is 64.1. The molecule has 1 spiro atoms. The van der Waals surface area contributed by atoms with Crippen molar-refractivity contribution in [3.8, 4) is 0 Å². The lowest BCUT2D eigenvalue weighted by atomic mass is 9.42. The first-order valence-corrected chi connectivity index (χ1v) is 11.9. The summed E-state index contributed by atoms with van der Waals surface area (Å²) in [5.74, 6) is -1.33. The van der Waals surface area contributed by atoms with E-state index >= 15 is 0 Å². The van der Waals surface area contributed by atoms with Gasteiger partial charge in [0, 0.05) is 55.8 Å². The summed E-state index contributed by atoms with van der Waals surface area (Å²) in [6.07, 6.45) is -1.06. The third-order valence-corrected chi connectivity index (χ3v) is 11.0. The monoisotopic (exact) mass is 439 g/mol. The SMILES string of the molecule is CCN1CC2(COC)CCC(O)C34C5CC6C(OC)CC(O)(C5C6O)C(O)(C(O)C23)C14. The Morgan fingerprint density at radius 2 is 1.87 bits per heavy atom. The molecular formula is C23H37NO7. The molecule has 13 atom stereocenters. The van der Waals surface area contributed by atoms with Crippen molar-refractivity contribution in [2.24, 2.45) is 34.5 Å². The van der Waals surface area contributed by atoms with E-state index in [9.17, 15) is 25.5 Å². The highest BCUT2D eigenvalue weighted by Crippen LogP contribution is 2.79. The van der Waals surface area contributed by atoms with Gasteiger partial charge in [-0.2, -0.15) is 0 Å². The minimum absolute atomic E-state index is 0.142. The van der Waals surface area contributed by atoms with E-state index in [0.29, 0.717) is 39.0 Å². The van der Waals surface area contributed by atoms with Gasteiger partial charge in [0.1, 0.15) is 11.2 Å². The Bertz CT molecular complexity index is 783. The molecule has 7 bridgehead atoms. The molecule has 5 saturated carbocycles. The fourth-order valence-electron chi connectivity index (χ4n) is 10.4. The molecule has 0 radical (unpaired) electrons. The van der Waals surface area contributed by atoms with Crippen molar-refractivity contribution >= 4 is 0 Å². The Morgan fingerprint density at radius 1 is 1.13 bits per heavy atom. The Labute approximate surface area is 183 Å². The number of hydrogen-bond acceptors (Lipinski definition) is 8. The van der Waals surface area contributed by atoms with Crippen molar-refractivity contribution in [3.63, 3.8) is 0 Å². The summed E-state index contributed by atoms with van der Waals surface area (Å²) in [4.78, 5) is 2.18. The van der Waals surface area contributed by atoms with E-state index in [-0.39, 0.29) is 18.3 Å². The van der Waals surface area contributed by atoms with Gasteiger partial charge < -0.3 is 35.0 Å².